The molecule has 0 amide bonds. The van der Waals surface area contributed by atoms with Gasteiger partial charge < -0.3 is 4.74 Å². The van der Waals surface area contributed by atoms with Crippen molar-refractivity contribution in [3.05, 3.63) is 102 Å². The first-order valence-corrected chi connectivity index (χ1v) is 14.4. The molecule has 3 aromatic heterocycles. The van der Waals surface area contributed by atoms with Crippen LogP contribution in [0.1, 0.15) is 73.7 Å². The fraction of sp³-hybridized carbons (Fsp3) is 0.333. The molecule has 1 saturated carbocycles. The van der Waals surface area contributed by atoms with Gasteiger partial charge in [0, 0.05) is 30.5 Å². The molecule has 41 heavy (non-hydrogen) atoms. The van der Waals surface area contributed by atoms with Crippen LogP contribution in [0.25, 0.3) is 28.3 Å². The monoisotopic (exact) mass is 545 g/mol. The van der Waals surface area contributed by atoms with Crippen LogP contribution in [0.2, 0.25) is 0 Å². The summed E-state index contributed by atoms with van der Waals surface area (Å²) < 4.78 is 11.8. The Balaban J connectivity index is 1.26. The maximum atomic E-state index is 5.84. The largest absolute Gasteiger partial charge is 0.494 e. The summed E-state index contributed by atoms with van der Waals surface area (Å²) in [5, 5.41) is 18.2. The highest BCUT2D eigenvalue weighted by Crippen LogP contribution is 2.55. The van der Waals surface area contributed by atoms with E-state index in [1.54, 1.807) is 4.68 Å². The predicted octanol–water partition coefficient (Wildman–Crippen LogP) is 6.36. The summed E-state index contributed by atoms with van der Waals surface area (Å²) in [7, 11) is 1.90. The van der Waals surface area contributed by atoms with E-state index in [4.69, 9.17) is 14.9 Å². The van der Waals surface area contributed by atoms with E-state index in [1.807, 2.05) is 32.6 Å². The van der Waals surface area contributed by atoms with Crippen LogP contribution >= 0.6 is 0 Å². The van der Waals surface area contributed by atoms with Crippen LogP contribution in [0.3, 0.4) is 0 Å². The number of benzene rings is 2. The first-order valence-electron chi connectivity index (χ1n) is 14.4. The SMILES string of the molecule is C=C(OCC)c1cnn(-c2cccc(-c3cccc(-n4ncc5c4C(C)(C)CC5)c3)c2)c1[C@@H]1CC1c1cn(C)nn1. The molecule has 1 fully saturated rings. The Morgan fingerprint density at radius 1 is 1.00 bits per heavy atom. The molecule has 0 radical (unpaired) electrons. The number of ether oxygens (including phenoxy) is 1. The summed E-state index contributed by atoms with van der Waals surface area (Å²) in [4.78, 5) is 0. The number of rotatable bonds is 8. The van der Waals surface area contributed by atoms with Crippen molar-refractivity contribution in [3.8, 4) is 22.5 Å². The average molecular weight is 546 g/mol. The fourth-order valence-electron chi connectivity index (χ4n) is 6.43. The van der Waals surface area contributed by atoms with Crippen LogP contribution in [0.5, 0.6) is 0 Å². The van der Waals surface area contributed by atoms with Crippen LogP contribution in [0.4, 0.5) is 0 Å². The number of hydrogen-bond donors (Lipinski definition) is 0. The molecule has 5 aromatic rings. The molecule has 7 rings (SSSR count). The van der Waals surface area contributed by atoms with Crippen molar-refractivity contribution < 1.29 is 4.74 Å². The second-order valence-electron chi connectivity index (χ2n) is 11.9. The van der Waals surface area contributed by atoms with Crippen LogP contribution < -0.4 is 0 Å². The summed E-state index contributed by atoms with van der Waals surface area (Å²) in [6.45, 7) is 11.4. The van der Waals surface area contributed by atoms with E-state index in [-0.39, 0.29) is 11.3 Å². The Morgan fingerprint density at radius 3 is 2.39 bits per heavy atom. The lowest BCUT2D eigenvalue weighted by atomic mass is 9.90. The topological polar surface area (TPSA) is 75.6 Å². The molecule has 2 aromatic carbocycles. The molecule has 0 bridgehead atoms. The standard InChI is InChI=1S/C33H35N7O/c1-6-41-21(2)29-19-35-39(31(29)28-17-27(28)30-20-38(5)37-36-30)25-11-7-9-22(15-25)23-10-8-12-26(16-23)40-32-24(18-34-40)13-14-33(32,3)4/h7-12,15-16,18-20,27-28H,2,6,13-14,17H2,1,3-5H3/t27?,28-/m1/s1. The summed E-state index contributed by atoms with van der Waals surface area (Å²) >= 11 is 0. The van der Waals surface area contributed by atoms with Crippen molar-refractivity contribution in [2.75, 3.05) is 6.61 Å². The lowest BCUT2D eigenvalue weighted by Gasteiger charge is -2.21. The lowest BCUT2D eigenvalue weighted by molar-refractivity contribution is 0.299. The van der Waals surface area contributed by atoms with Gasteiger partial charge in [0.05, 0.1) is 53.0 Å². The number of aryl methyl sites for hydroxylation is 2. The Hall–Kier alpha value is -4.46. The summed E-state index contributed by atoms with van der Waals surface area (Å²) in [5.74, 6) is 1.21. The minimum absolute atomic E-state index is 0.119. The molecule has 0 aliphatic heterocycles. The van der Waals surface area contributed by atoms with Gasteiger partial charge in [0.25, 0.3) is 0 Å². The average Bonchev–Trinajstić information content (AvgIpc) is 3.33. The highest BCUT2D eigenvalue weighted by Gasteiger charge is 2.45. The molecule has 208 valence electrons. The molecule has 2 aliphatic carbocycles. The van der Waals surface area contributed by atoms with Gasteiger partial charge in [0.2, 0.25) is 0 Å². The maximum Gasteiger partial charge on any atom is 0.122 e. The molecule has 2 aliphatic rings. The molecule has 8 heteroatoms. The summed E-state index contributed by atoms with van der Waals surface area (Å²) in [6.07, 6.45) is 9.16. The van der Waals surface area contributed by atoms with Crippen molar-refractivity contribution in [2.24, 2.45) is 7.05 Å². The zero-order chi connectivity index (χ0) is 28.3. The van der Waals surface area contributed by atoms with Crippen LogP contribution in [0.15, 0.2) is 73.7 Å². The van der Waals surface area contributed by atoms with Crippen molar-refractivity contribution >= 4 is 5.76 Å². The second-order valence-corrected chi connectivity index (χ2v) is 11.9. The van der Waals surface area contributed by atoms with Crippen molar-refractivity contribution in [1.82, 2.24) is 34.6 Å². The number of fused-ring (bicyclic) bond motifs is 1. The third kappa shape index (κ3) is 4.38. The minimum atomic E-state index is 0.119. The number of hydrogen-bond acceptors (Lipinski definition) is 5. The van der Waals surface area contributed by atoms with Crippen LogP contribution in [-0.2, 0) is 23.6 Å². The van der Waals surface area contributed by atoms with Gasteiger partial charge in [0.15, 0.2) is 0 Å². The van der Waals surface area contributed by atoms with Gasteiger partial charge in [-0.25, -0.2) is 9.36 Å². The van der Waals surface area contributed by atoms with E-state index in [2.05, 4.69) is 88.6 Å². The minimum Gasteiger partial charge on any atom is -0.494 e. The van der Waals surface area contributed by atoms with E-state index in [0.717, 1.165) is 58.7 Å². The van der Waals surface area contributed by atoms with Gasteiger partial charge in [-0.2, -0.15) is 10.2 Å². The molecular formula is C33H35N7O. The van der Waals surface area contributed by atoms with Gasteiger partial charge in [-0.15, -0.1) is 5.10 Å². The molecule has 1 unspecified atom stereocenters. The van der Waals surface area contributed by atoms with E-state index < -0.39 is 0 Å². The highest BCUT2D eigenvalue weighted by atomic mass is 16.5. The molecule has 2 atom stereocenters. The first-order chi connectivity index (χ1) is 19.8. The lowest BCUT2D eigenvalue weighted by Crippen LogP contribution is -2.18. The Labute approximate surface area is 240 Å². The Kier molecular flexibility index (Phi) is 5.96. The number of aromatic nitrogens is 7. The third-order valence-corrected chi connectivity index (χ3v) is 8.59. The predicted molar refractivity (Wildman–Crippen MR) is 159 cm³/mol. The Bertz CT molecular complexity index is 1770. The summed E-state index contributed by atoms with van der Waals surface area (Å²) in [5.41, 5.74) is 10.2. The molecule has 0 N–H and O–H groups in total. The smallest absolute Gasteiger partial charge is 0.122 e. The van der Waals surface area contributed by atoms with E-state index >= 15 is 0 Å². The van der Waals surface area contributed by atoms with Crippen molar-refractivity contribution in [3.63, 3.8) is 0 Å². The van der Waals surface area contributed by atoms with E-state index in [9.17, 15) is 0 Å². The third-order valence-electron chi connectivity index (χ3n) is 8.59. The highest BCUT2D eigenvalue weighted by molar-refractivity contribution is 5.69. The molecule has 3 heterocycles. The van der Waals surface area contributed by atoms with Gasteiger partial charge in [-0.1, -0.05) is 49.9 Å². The fourth-order valence-corrected chi connectivity index (χ4v) is 6.43. The second kappa shape index (κ2) is 9.58. The molecule has 8 nitrogen and oxygen atoms in total. The normalized spacial score (nSPS) is 18.8. The van der Waals surface area contributed by atoms with Crippen LogP contribution in [0, 0.1) is 0 Å². The maximum absolute atomic E-state index is 5.84. The van der Waals surface area contributed by atoms with Crippen LogP contribution in [-0.4, -0.2) is 41.2 Å². The molecular weight excluding hydrogens is 510 g/mol. The Morgan fingerprint density at radius 2 is 1.71 bits per heavy atom. The van der Waals surface area contributed by atoms with Gasteiger partial charge in [0.1, 0.15) is 5.76 Å². The molecule has 0 spiro atoms. The summed E-state index contributed by atoms with van der Waals surface area (Å²) in [6, 6.07) is 17.2. The quantitative estimate of drug-likeness (QED) is 0.212. The zero-order valence-corrected chi connectivity index (χ0v) is 24.1. The van der Waals surface area contributed by atoms with Gasteiger partial charge in [-0.05, 0) is 67.1 Å². The van der Waals surface area contributed by atoms with Crippen molar-refractivity contribution in [2.45, 2.75) is 57.3 Å². The first kappa shape index (κ1) is 25.5. The van der Waals surface area contributed by atoms with E-state index in [0.29, 0.717) is 18.3 Å². The van der Waals surface area contributed by atoms with Gasteiger partial charge in [-0.3, -0.25) is 4.68 Å². The zero-order valence-electron chi connectivity index (χ0n) is 24.1. The van der Waals surface area contributed by atoms with Crippen molar-refractivity contribution in [1.29, 1.82) is 0 Å². The van der Waals surface area contributed by atoms with Gasteiger partial charge >= 0.3 is 0 Å². The molecule has 0 saturated heterocycles. The number of nitrogens with zero attached hydrogens (tertiary/aromatic N) is 7. The van der Waals surface area contributed by atoms with E-state index in [1.165, 1.54) is 11.3 Å².